The summed E-state index contributed by atoms with van der Waals surface area (Å²) >= 11 is 0. The zero-order valence-electron chi connectivity index (χ0n) is 10.5. The van der Waals surface area contributed by atoms with Crippen molar-refractivity contribution in [1.82, 2.24) is 9.38 Å². The third-order valence-corrected chi connectivity index (χ3v) is 3.13. The van der Waals surface area contributed by atoms with Crippen molar-refractivity contribution in [3.05, 3.63) is 53.7 Å². The number of benzene rings is 1. The van der Waals surface area contributed by atoms with Gasteiger partial charge in [-0.1, -0.05) is 30.3 Å². The van der Waals surface area contributed by atoms with Gasteiger partial charge in [0.05, 0.1) is 0 Å². The number of imidazole rings is 1. The van der Waals surface area contributed by atoms with Gasteiger partial charge in [-0.15, -0.1) is 0 Å². The SMILES string of the molecule is Cc1cc(C)n2c(N)c(-c3ccccc3)nc2c1. The van der Waals surface area contributed by atoms with E-state index in [1.54, 1.807) is 0 Å². The average Bonchev–Trinajstić information content (AvgIpc) is 2.67. The number of pyridine rings is 1. The van der Waals surface area contributed by atoms with Crippen LogP contribution in [0.5, 0.6) is 0 Å². The molecule has 18 heavy (non-hydrogen) atoms. The molecule has 2 heterocycles. The van der Waals surface area contributed by atoms with Crippen molar-refractivity contribution >= 4 is 11.5 Å². The molecule has 2 N–H and O–H groups in total. The first-order valence-electron chi connectivity index (χ1n) is 5.97. The van der Waals surface area contributed by atoms with E-state index >= 15 is 0 Å². The van der Waals surface area contributed by atoms with E-state index in [2.05, 4.69) is 24.0 Å². The highest BCUT2D eigenvalue weighted by Gasteiger charge is 2.12. The first-order chi connectivity index (χ1) is 8.66. The van der Waals surface area contributed by atoms with E-state index in [-0.39, 0.29) is 0 Å². The Balaban J connectivity index is 2.33. The molecule has 0 aliphatic carbocycles. The number of nitrogens with zero attached hydrogens (tertiary/aromatic N) is 2. The van der Waals surface area contributed by atoms with Gasteiger partial charge in [0.15, 0.2) is 0 Å². The molecule has 90 valence electrons. The molecule has 3 rings (SSSR count). The topological polar surface area (TPSA) is 43.3 Å². The Morgan fingerprint density at radius 3 is 2.50 bits per heavy atom. The molecular weight excluding hydrogens is 222 g/mol. The third-order valence-electron chi connectivity index (χ3n) is 3.13. The maximum Gasteiger partial charge on any atom is 0.139 e. The molecule has 3 nitrogen and oxygen atoms in total. The van der Waals surface area contributed by atoms with Gasteiger partial charge in [0, 0.05) is 11.3 Å². The molecule has 1 aromatic carbocycles. The fourth-order valence-corrected chi connectivity index (χ4v) is 2.37. The Kier molecular flexibility index (Phi) is 2.33. The van der Waals surface area contributed by atoms with E-state index in [9.17, 15) is 0 Å². The summed E-state index contributed by atoms with van der Waals surface area (Å²) < 4.78 is 2.00. The number of hydrogen-bond acceptors (Lipinski definition) is 2. The molecule has 0 bridgehead atoms. The van der Waals surface area contributed by atoms with E-state index in [0.717, 1.165) is 22.6 Å². The van der Waals surface area contributed by atoms with E-state index in [4.69, 9.17) is 5.73 Å². The van der Waals surface area contributed by atoms with Gasteiger partial charge in [-0.25, -0.2) is 4.98 Å². The Morgan fingerprint density at radius 1 is 1.06 bits per heavy atom. The summed E-state index contributed by atoms with van der Waals surface area (Å²) in [5.74, 6) is 0.702. The molecule has 0 radical (unpaired) electrons. The Morgan fingerprint density at radius 2 is 1.78 bits per heavy atom. The lowest BCUT2D eigenvalue weighted by Gasteiger charge is -2.03. The summed E-state index contributed by atoms with van der Waals surface area (Å²) in [6.45, 7) is 4.12. The number of hydrogen-bond donors (Lipinski definition) is 1. The van der Waals surface area contributed by atoms with Gasteiger partial charge in [-0.2, -0.15) is 0 Å². The lowest BCUT2D eigenvalue weighted by molar-refractivity contribution is 1.09. The smallest absolute Gasteiger partial charge is 0.139 e. The second-order valence-electron chi connectivity index (χ2n) is 4.58. The predicted molar refractivity (Wildman–Crippen MR) is 74.5 cm³/mol. The van der Waals surface area contributed by atoms with Gasteiger partial charge < -0.3 is 5.73 Å². The standard InChI is InChI=1S/C15H15N3/c1-10-8-11(2)18-13(9-10)17-14(15(18)16)12-6-4-3-5-7-12/h3-9H,16H2,1-2H3. The van der Waals surface area contributed by atoms with Crippen LogP contribution < -0.4 is 5.73 Å². The highest BCUT2D eigenvalue weighted by molar-refractivity contribution is 5.75. The molecule has 0 saturated carbocycles. The number of anilines is 1. The highest BCUT2D eigenvalue weighted by Crippen LogP contribution is 2.27. The van der Waals surface area contributed by atoms with Crippen LogP contribution in [-0.4, -0.2) is 9.38 Å². The van der Waals surface area contributed by atoms with Gasteiger partial charge in [0.1, 0.15) is 17.2 Å². The van der Waals surface area contributed by atoms with Crippen molar-refractivity contribution in [3.8, 4) is 11.3 Å². The summed E-state index contributed by atoms with van der Waals surface area (Å²) in [6.07, 6.45) is 0. The van der Waals surface area contributed by atoms with Gasteiger partial charge in [-0.3, -0.25) is 4.40 Å². The molecule has 0 atom stereocenters. The summed E-state index contributed by atoms with van der Waals surface area (Å²) in [7, 11) is 0. The van der Waals surface area contributed by atoms with E-state index in [0.29, 0.717) is 5.82 Å². The number of rotatable bonds is 1. The number of aromatic nitrogens is 2. The maximum absolute atomic E-state index is 6.22. The first kappa shape index (κ1) is 10.8. The second kappa shape index (κ2) is 3.88. The predicted octanol–water partition coefficient (Wildman–Crippen LogP) is 3.20. The van der Waals surface area contributed by atoms with Gasteiger partial charge in [-0.05, 0) is 31.5 Å². The average molecular weight is 237 g/mol. The fourth-order valence-electron chi connectivity index (χ4n) is 2.37. The Bertz CT molecular complexity index is 711. The summed E-state index contributed by atoms with van der Waals surface area (Å²) in [5.41, 5.74) is 11.3. The molecule has 0 unspecified atom stereocenters. The summed E-state index contributed by atoms with van der Waals surface area (Å²) in [5, 5.41) is 0. The molecule has 0 aliphatic rings. The number of nitrogen functional groups attached to an aromatic ring is 1. The van der Waals surface area contributed by atoms with Crippen LogP contribution in [-0.2, 0) is 0 Å². The van der Waals surface area contributed by atoms with Crippen LogP contribution >= 0.6 is 0 Å². The molecular formula is C15H15N3. The van der Waals surface area contributed by atoms with Crippen molar-refractivity contribution < 1.29 is 0 Å². The van der Waals surface area contributed by atoms with Gasteiger partial charge in [0.2, 0.25) is 0 Å². The minimum atomic E-state index is 0.702. The molecule has 0 fully saturated rings. The maximum atomic E-state index is 6.22. The number of fused-ring (bicyclic) bond motifs is 1. The van der Waals surface area contributed by atoms with Crippen molar-refractivity contribution in [2.45, 2.75) is 13.8 Å². The van der Waals surface area contributed by atoms with Crippen LogP contribution in [0, 0.1) is 13.8 Å². The van der Waals surface area contributed by atoms with Crippen molar-refractivity contribution in [1.29, 1.82) is 0 Å². The first-order valence-corrected chi connectivity index (χ1v) is 5.97. The summed E-state index contributed by atoms with van der Waals surface area (Å²) in [4.78, 5) is 4.64. The van der Waals surface area contributed by atoms with Gasteiger partial charge >= 0.3 is 0 Å². The van der Waals surface area contributed by atoms with Crippen LogP contribution in [0.4, 0.5) is 5.82 Å². The fraction of sp³-hybridized carbons (Fsp3) is 0.133. The molecule has 0 aliphatic heterocycles. The van der Waals surface area contributed by atoms with Crippen LogP contribution in [0.25, 0.3) is 16.9 Å². The zero-order chi connectivity index (χ0) is 12.7. The molecule has 0 spiro atoms. The normalized spacial score (nSPS) is 11.0. The van der Waals surface area contributed by atoms with Crippen molar-refractivity contribution in [2.75, 3.05) is 5.73 Å². The van der Waals surface area contributed by atoms with Crippen LogP contribution in [0.2, 0.25) is 0 Å². The quantitative estimate of drug-likeness (QED) is 0.706. The van der Waals surface area contributed by atoms with Crippen LogP contribution in [0.3, 0.4) is 0 Å². The second-order valence-corrected chi connectivity index (χ2v) is 4.58. The van der Waals surface area contributed by atoms with E-state index < -0.39 is 0 Å². The third kappa shape index (κ3) is 1.56. The van der Waals surface area contributed by atoms with Gasteiger partial charge in [0.25, 0.3) is 0 Å². The zero-order valence-corrected chi connectivity index (χ0v) is 10.5. The number of nitrogens with two attached hydrogens (primary N) is 1. The van der Waals surface area contributed by atoms with E-state index in [1.807, 2.05) is 41.7 Å². The van der Waals surface area contributed by atoms with Crippen LogP contribution in [0.15, 0.2) is 42.5 Å². The molecule has 0 saturated heterocycles. The lowest BCUT2D eigenvalue weighted by atomic mass is 10.1. The Labute approximate surface area is 106 Å². The highest BCUT2D eigenvalue weighted by atomic mass is 15.1. The van der Waals surface area contributed by atoms with Crippen molar-refractivity contribution in [2.24, 2.45) is 0 Å². The summed E-state index contributed by atoms with van der Waals surface area (Å²) in [6, 6.07) is 14.2. The number of aryl methyl sites for hydroxylation is 2. The Hall–Kier alpha value is -2.29. The van der Waals surface area contributed by atoms with E-state index in [1.165, 1.54) is 5.56 Å². The molecule has 3 aromatic rings. The minimum absolute atomic E-state index is 0.702. The monoisotopic (exact) mass is 237 g/mol. The van der Waals surface area contributed by atoms with Crippen molar-refractivity contribution in [3.63, 3.8) is 0 Å². The minimum Gasteiger partial charge on any atom is -0.383 e. The largest absolute Gasteiger partial charge is 0.383 e. The molecule has 2 aromatic heterocycles. The van der Waals surface area contributed by atoms with Crippen LogP contribution in [0.1, 0.15) is 11.3 Å². The lowest BCUT2D eigenvalue weighted by Crippen LogP contribution is -1.98. The molecule has 3 heteroatoms. The molecule has 0 amide bonds.